The number of rotatable bonds is 7. The van der Waals surface area contributed by atoms with Gasteiger partial charge in [-0.2, -0.15) is 10.2 Å². The van der Waals surface area contributed by atoms with Gasteiger partial charge in [0.15, 0.2) is 11.5 Å². The molecular formula is C42H38ClN5O6. The quantitative estimate of drug-likeness (QED) is 0.115. The number of phenolic OH excluding ortho intramolecular Hbond substituents is 1. The van der Waals surface area contributed by atoms with E-state index < -0.39 is 35.0 Å². The average Bonchev–Trinajstić information content (AvgIpc) is 3.55. The number of phenols is 1. The Morgan fingerprint density at radius 3 is 2.07 bits per heavy atom. The van der Waals surface area contributed by atoms with Crippen molar-refractivity contribution < 1.29 is 29.0 Å². The number of amides is 4. The van der Waals surface area contributed by atoms with Gasteiger partial charge in [0.25, 0.3) is 0 Å². The van der Waals surface area contributed by atoms with Gasteiger partial charge < -0.3 is 14.7 Å². The molecule has 0 radical (unpaired) electrons. The van der Waals surface area contributed by atoms with Crippen LogP contribution < -0.4 is 19.4 Å². The van der Waals surface area contributed by atoms with Gasteiger partial charge in [0.1, 0.15) is 0 Å². The molecule has 274 valence electrons. The van der Waals surface area contributed by atoms with Crippen molar-refractivity contribution >= 4 is 63.7 Å². The number of anilines is 3. The maximum atomic E-state index is 14.6. The molecule has 4 aromatic carbocycles. The molecule has 6 atom stereocenters. The maximum absolute atomic E-state index is 14.6. The molecule has 0 bridgehead atoms. The minimum Gasteiger partial charge on any atom is -0.503 e. The van der Waals surface area contributed by atoms with Crippen molar-refractivity contribution in [3.8, 4) is 11.5 Å². The van der Waals surface area contributed by atoms with Crippen molar-refractivity contribution in [3.05, 3.63) is 113 Å². The summed E-state index contributed by atoms with van der Waals surface area (Å²) in [5, 5.41) is 19.3. The first kappa shape index (κ1) is 35.2. The Balaban J connectivity index is 1.14. The number of carbonyl (C=O) groups excluding carboxylic acids is 4. The van der Waals surface area contributed by atoms with Crippen LogP contribution in [0.4, 0.5) is 28.4 Å². The van der Waals surface area contributed by atoms with Crippen LogP contribution in [0.25, 0.3) is 0 Å². The fraction of sp³-hybridized carbons (Fsp3) is 0.286. The molecule has 0 spiro atoms. The van der Waals surface area contributed by atoms with Gasteiger partial charge in [-0.1, -0.05) is 41.4 Å². The van der Waals surface area contributed by atoms with Crippen LogP contribution in [0.1, 0.15) is 31.2 Å². The molecular weight excluding hydrogens is 706 g/mol. The van der Waals surface area contributed by atoms with E-state index in [0.29, 0.717) is 28.3 Å². The molecule has 4 aliphatic rings. The fourth-order valence-corrected chi connectivity index (χ4v) is 9.21. The lowest BCUT2D eigenvalue weighted by Gasteiger charge is -2.49. The van der Waals surface area contributed by atoms with Crippen LogP contribution in [0, 0.1) is 29.1 Å². The lowest BCUT2D eigenvalue weighted by molar-refractivity contribution is -0.131. The monoisotopic (exact) mass is 743 g/mol. The van der Waals surface area contributed by atoms with Crippen LogP contribution in [-0.2, 0) is 19.2 Å². The molecule has 54 heavy (non-hydrogen) atoms. The van der Waals surface area contributed by atoms with Crippen molar-refractivity contribution in [1.29, 1.82) is 0 Å². The molecule has 2 aliphatic carbocycles. The topological polar surface area (TPSA) is 132 Å². The fourth-order valence-electron chi connectivity index (χ4n) is 8.99. The third-order valence-corrected chi connectivity index (χ3v) is 11.9. The number of ether oxygens (including phenoxy) is 1. The van der Waals surface area contributed by atoms with E-state index in [4.69, 9.17) is 16.3 Å². The second kappa shape index (κ2) is 13.2. The summed E-state index contributed by atoms with van der Waals surface area (Å²) < 4.78 is 5.46. The summed E-state index contributed by atoms with van der Waals surface area (Å²) in [5.41, 5.74) is 3.27. The Morgan fingerprint density at radius 1 is 0.815 bits per heavy atom. The van der Waals surface area contributed by atoms with Crippen molar-refractivity contribution in [1.82, 2.24) is 0 Å². The summed E-state index contributed by atoms with van der Waals surface area (Å²) in [7, 11) is 5.33. The summed E-state index contributed by atoms with van der Waals surface area (Å²) in [4.78, 5) is 62.1. The van der Waals surface area contributed by atoms with Gasteiger partial charge in [-0.05, 0) is 104 Å². The third kappa shape index (κ3) is 5.40. The van der Waals surface area contributed by atoms with Crippen molar-refractivity contribution in [2.45, 2.75) is 25.7 Å². The summed E-state index contributed by atoms with van der Waals surface area (Å²) in [6.45, 7) is 1.80. The molecule has 0 aromatic heterocycles. The Labute approximate surface area is 317 Å². The Kier molecular flexibility index (Phi) is 8.64. The van der Waals surface area contributed by atoms with Gasteiger partial charge in [-0.15, -0.1) is 0 Å². The summed E-state index contributed by atoms with van der Waals surface area (Å²) in [6.07, 6.45) is 2.46. The van der Waals surface area contributed by atoms with Crippen LogP contribution in [0.2, 0.25) is 5.02 Å². The number of fused-ring (bicyclic) bond motifs is 4. The first-order valence-electron chi connectivity index (χ1n) is 17.8. The van der Waals surface area contributed by atoms with Crippen molar-refractivity contribution in [3.63, 3.8) is 0 Å². The van der Waals surface area contributed by atoms with Crippen molar-refractivity contribution in [2.75, 3.05) is 35.9 Å². The zero-order valence-electron chi connectivity index (χ0n) is 30.1. The highest BCUT2D eigenvalue weighted by molar-refractivity contribution is 6.32. The Hall–Kier alpha value is -5.81. The van der Waals surface area contributed by atoms with Crippen LogP contribution >= 0.6 is 11.6 Å². The van der Waals surface area contributed by atoms with Gasteiger partial charge >= 0.3 is 0 Å². The van der Waals surface area contributed by atoms with Gasteiger partial charge in [-0.3, -0.25) is 24.1 Å². The number of benzene rings is 4. The molecule has 1 saturated carbocycles. The molecule has 2 aliphatic heterocycles. The highest BCUT2D eigenvalue weighted by Gasteiger charge is 2.67. The summed E-state index contributed by atoms with van der Waals surface area (Å²) >= 11 is 6.54. The molecule has 12 heteroatoms. The molecule has 3 fully saturated rings. The first-order chi connectivity index (χ1) is 25.9. The van der Waals surface area contributed by atoms with E-state index in [1.54, 1.807) is 67.6 Å². The van der Waals surface area contributed by atoms with E-state index in [2.05, 4.69) is 10.2 Å². The highest BCUT2D eigenvalue weighted by atomic mass is 35.5. The third-order valence-electron chi connectivity index (χ3n) is 11.6. The van der Waals surface area contributed by atoms with Gasteiger partial charge in [0.05, 0.1) is 58.1 Å². The number of para-hydroxylation sites is 1. The molecule has 4 aromatic rings. The molecule has 11 nitrogen and oxygen atoms in total. The largest absolute Gasteiger partial charge is 0.503 e. The van der Waals surface area contributed by atoms with Crippen LogP contribution in [0.5, 0.6) is 11.5 Å². The summed E-state index contributed by atoms with van der Waals surface area (Å²) in [5.74, 6) is -4.94. The number of hydrogen-bond donors (Lipinski definition) is 1. The number of methoxy groups -OCH3 is 1. The minimum absolute atomic E-state index is 0.0288. The number of hydrogen-bond acceptors (Lipinski definition) is 9. The number of carbonyl (C=O) groups is 4. The van der Waals surface area contributed by atoms with Gasteiger partial charge in [0, 0.05) is 25.7 Å². The number of halogens is 1. The smallest absolute Gasteiger partial charge is 0.241 e. The lowest BCUT2D eigenvalue weighted by Crippen LogP contribution is -2.48. The van der Waals surface area contributed by atoms with E-state index in [9.17, 15) is 24.3 Å². The van der Waals surface area contributed by atoms with E-state index in [1.807, 2.05) is 55.4 Å². The summed E-state index contributed by atoms with van der Waals surface area (Å²) in [6, 6.07) is 26.5. The van der Waals surface area contributed by atoms with Crippen LogP contribution in [-0.4, -0.2) is 49.9 Å². The minimum atomic E-state index is -1.27. The number of azo groups is 1. The van der Waals surface area contributed by atoms with E-state index >= 15 is 0 Å². The molecule has 0 unspecified atom stereocenters. The van der Waals surface area contributed by atoms with Gasteiger partial charge in [-0.25, -0.2) is 4.90 Å². The first-order valence-corrected chi connectivity index (χ1v) is 18.2. The van der Waals surface area contributed by atoms with E-state index in [0.717, 1.165) is 11.3 Å². The molecule has 4 amide bonds. The lowest BCUT2D eigenvalue weighted by atomic mass is 9.51. The predicted octanol–water partition coefficient (Wildman–Crippen LogP) is 7.97. The number of allylic oxidation sites excluding steroid dienone is 2. The maximum Gasteiger partial charge on any atom is 0.241 e. The SMILES string of the molecule is COc1cc([C@H]2C3=CC[C@@H]4C(=O)N(c5ccc(N=Nc6ccc(N(C)C)cc6)cc5)C(=O)[C@@H]4[C@@H]3C[C@H]3C(=O)N(c4ccccc4)C(=O)[C@@]23C)cc(Cl)c1O. The second-order valence-electron chi connectivity index (χ2n) is 14.7. The van der Waals surface area contributed by atoms with E-state index in [-0.39, 0.29) is 53.0 Å². The van der Waals surface area contributed by atoms with Crippen molar-refractivity contribution in [2.24, 2.45) is 39.3 Å². The van der Waals surface area contributed by atoms with E-state index in [1.165, 1.54) is 16.9 Å². The zero-order valence-corrected chi connectivity index (χ0v) is 30.9. The van der Waals surface area contributed by atoms with Gasteiger partial charge in [0.2, 0.25) is 23.6 Å². The number of nitrogens with zero attached hydrogens (tertiary/aromatic N) is 5. The number of imide groups is 2. The average molecular weight is 744 g/mol. The molecule has 1 N–H and O–H groups in total. The zero-order chi connectivity index (χ0) is 38.1. The standard InChI is InChI=1S/C42H38ClN5O6/c1-42-32(39(51)48(41(42)53)27-8-6-5-7-9-27)22-31-29(36(42)23-20-33(43)37(49)34(21-23)54-4)18-19-30-35(31)40(52)47(38(30)50)28-16-12-25(13-17-28)45-44-24-10-14-26(15-11-24)46(2)3/h5-18,20-21,30-32,35-36,49H,19,22H2,1-4H3/t30-,31+,32-,35-,36-,42+/m0/s1. The predicted molar refractivity (Wildman–Crippen MR) is 205 cm³/mol. The van der Waals surface area contributed by atoms with Crippen LogP contribution in [0.3, 0.4) is 0 Å². The molecule has 8 rings (SSSR count). The second-order valence-corrected chi connectivity index (χ2v) is 15.1. The molecule has 2 heterocycles. The Bertz CT molecular complexity index is 2260. The van der Waals surface area contributed by atoms with Crippen LogP contribution in [0.15, 0.2) is 113 Å². The normalized spacial score (nSPS) is 26.2. The number of aromatic hydroxyl groups is 1. The highest BCUT2D eigenvalue weighted by Crippen LogP contribution is 2.64. The molecule has 2 saturated heterocycles. The Morgan fingerprint density at radius 2 is 1.44 bits per heavy atom.